The molecule has 188 valence electrons. The van der Waals surface area contributed by atoms with Gasteiger partial charge in [-0.2, -0.15) is 0 Å². The first-order valence-electron chi connectivity index (χ1n) is 11.1. The zero-order chi connectivity index (χ0) is 26.0. The van der Waals surface area contributed by atoms with Crippen molar-refractivity contribution in [2.45, 2.75) is 65.2 Å². The minimum atomic E-state index is -1.33. The number of nitrogens with one attached hydrogen (secondary N) is 1. The maximum absolute atomic E-state index is 13.1. The van der Waals surface area contributed by atoms with Crippen LogP contribution < -0.4 is 5.32 Å². The fraction of sp³-hybridized carbons (Fsp3) is 0.542. The largest absolute Gasteiger partial charge is 0.480 e. The maximum atomic E-state index is 13.1. The fourth-order valence-electron chi connectivity index (χ4n) is 3.27. The summed E-state index contributed by atoms with van der Waals surface area (Å²) in [5.41, 5.74) is 0.576. The minimum absolute atomic E-state index is 0.00186. The SMILES string of the molecule is COC(=O)c1ccc(NC(=O)N(C(=O)CC[C@@H](C)[C@@H](C)SC(C)=O)[C@@H](CC(C)C)C(=O)O)cc1. The highest BCUT2D eigenvalue weighted by atomic mass is 32.2. The number of imide groups is 1. The Balaban J connectivity index is 3.08. The second-order valence-electron chi connectivity index (χ2n) is 8.58. The Labute approximate surface area is 204 Å². The molecule has 3 atom stereocenters. The van der Waals surface area contributed by atoms with Gasteiger partial charge >= 0.3 is 18.0 Å². The number of aliphatic carboxylic acids is 1. The van der Waals surface area contributed by atoms with Crippen LogP contribution in [0, 0.1) is 11.8 Å². The molecule has 0 heterocycles. The zero-order valence-electron chi connectivity index (χ0n) is 20.5. The molecular weight excluding hydrogens is 460 g/mol. The fourth-order valence-corrected chi connectivity index (χ4v) is 4.16. The van der Waals surface area contributed by atoms with Gasteiger partial charge in [-0.25, -0.2) is 19.3 Å². The Morgan fingerprint density at radius 3 is 2.12 bits per heavy atom. The minimum Gasteiger partial charge on any atom is -0.480 e. The molecule has 1 aromatic rings. The van der Waals surface area contributed by atoms with Gasteiger partial charge in [0.05, 0.1) is 12.7 Å². The van der Waals surface area contributed by atoms with Gasteiger partial charge in [0.1, 0.15) is 6.04 Å². The average molecular weight is 495 g/mol. The molecule has 0 fully saturated rings. The third kappa shape index (κ3) is 9.17. The van der Waals surface area contributed by atoms with Crippen molar-refractivity contribution < 1.29 is 33.8 Å². The van der Waals surface area contributed by atoms with E-state index >= 15 is 0 Å². The number of carboxylic acids is 1. The number of nitrogens with zero attached hydrogens (tertiary/aromatic N) is 1. The number of ether oxygens (including phenoxy) is 1. The third-order valence-corrected chi connectivity index (χ3v) is 6.47. The van der Waals surface area contributed by atoms with Crippen molar-refractivity contribution >= 4 is 46.4 Å². The van der Waals surface area contributed by atoms with E-state index in [0.717, 1.165) is 4.90 Å². The predicted octanol–water partition coefficient (Wildman–Crippen LogP) is 4.42. The molecule has 0 bridgehead atoms. The molecule has 3 amide bonds. The highest BCUT2D eigenvalue weighted by molar-refractivity contribution is 8.14. The monoisotopic (exact) mass is 494 g/mol. The first-order valence-corrected chi connectivity index (χ1v) is 12.0. The zero-order valence-corrected chi connectivity index (χ0v) is 21.3. The summed E-state index contributed by atoms with van der Waals surface area (Å²) >= 11 is 1.18. The standard InChI is InChI=1S/C24H34N2O7S/c1-14(2)13-20(22(29)30)26(21(28)12-7-15(3)16(4)34-17(5)27)24(32)25-19-10-8-18(9-11-19)23(31)33-6/h8-11,14-16,20H,7,12-13H2,1-6H3,(H,25,32)(H,29,30)/t15-,16-,20+/m1/s1. The number of benzene rings is 1. The van der Waals surface area contributed by atoms with Crippen LogP contribution in [0.3, 0.4) is 0 Å². The summed E-state index contributed by atoms with van der Waals surface area (Å²) in [4.78, 5) is 61.9. The van der Waals surface area contributed by atoms with Crippen LogP contribution >= 0.6 is 11.8 Å². The molecule has 0 radical (unpaired) electrons. The normalized spacial score (nSPS) is 13.5. The van der Waals surface area contributed by atoms with Gasteiger partial charge in [0.15, 0.2) is 5.12 Å². The molecule has 2 N–H and O–H groups in total. The smallest absolute Gasteiger partial charge is 0.337 e. The first kappa shape index (κ1) is 29.2. The number of methoxy groups -OCH3 is 1. The van der Waals surface area contributed by atoms with Gasteiger partial charge in [-0.3, -0.25) is 9.59 Å². The molecule has 10 heteroatoms. The first-order chi connectivity index (χ1) is 15.9. The Morgan fingerprint density at radius 1 is 1.06 bits per heavy atom. The van der Waals surface area contributed by atoms with Crippen LogP contribution in [0.15, 0.2) is 24.3 Å². The van der Waals surface area contributed by atoms with E-state index in [9.17, 15) is 29.1 Å². The molecule has 0 saturated heterocycles. The highest BCUT2D eigenvalue weighted by Crippen LogP contribution is 2.25. The summed E-state index contributed by atoms with van der Waals surface area (Å²) in [6.45, 7) is 8.90. The van der Waals surface area contributed by atoms with Crippen molar-refractivity contribution in [1.82, 2.24) is 4.90 Å². The molecule has 0 aliphatic rings. The van der Waals surface area contributed by atoms with Crippen molar-refractivity contribution in [2.75, 3.05) is 12.4 Å². The van der Waals surface area contributed by atoms with Crippen molar-refractivity contribution in [3.8, 4) is 0 Å². The summed E-state index contributed by atoms with van der Waals surface area (Å²) in [5.74, 6) is -2.49. The Bertz CT molecular complexity index is 886. The van der Waals surface area contributed by atoms with E-state index in [4.69, 9.17) is 0 Å². The van der Waals surface area contributed by atoms with Gasteiger partial charge < -0.3 is 15.2 Å². The maximum Gasteiger partial charge on any atom is 0.337 e. The summed E-state index contributed by atoms with van der Waals surface area (Å²) in [7, 11) is 1.25. The second kappa shape index (κ2) is 13.7. The average Bonchev–Trinajstić information content (AvgIpc) is 2.76. The van der Waals surface area contributed by atoms with Crippen LogP contribution in [0.2, 0.25) is 0 Å². The molecule has 0 aromatic heterocycles. The number of carboxylic acid groups (broad SMARTS) is 1. The van der Waals surface area contributed by atoms with E-state index in [-0.39, 0.29) is 40.6 Å². The number of anilines is 1. The lowest BCUT2D eigenvalue weighted by atomic mass is 9.99. The third-order valence-electron chi connectivity index (χ3n) is 5.30. The van der Waals surface area contributed by atoms with E-state index < -0.39 is 29.9 Å². The molecule has 9 nitrogen and oxygen atoms in total. The topological polar surface area (TPSA) is 130 Å². The van der Waals surface area contributed by atoms with Gasteiger partial charge in [0.25, 0.3) is 0 Å². The molecule has 0 aliphatic carbocycles. The van der Waals surface area contributed by atoms with E-state index in [2.05, 4.69) is 10.1 Å². The van der Waals surface area contributed by atoms with Crippen molar-refractivity contribution in [3.63, 3.8) is 0 Å². The lowest BCUT2D eigenvalue weighted by molar-refractivity contribution is -0.148. The number of rotatable bonds is 11. The number of esters is 1. The number of amides is 3. The van der Waals surface area contributed by atoms with Crippen LogP contribution in [-0.4, -0.2) is 57.4 Å². The van der Waals surface area contributed by atoms with E-state index in [1.165, 1.54) is 50.1 Å². The number of carbonyl (C=O) groups is 5. The molecule has 0 unspecified atom stereocenters. The molecular formula is C24H34N2O7S. The van der Waals surface area contributed by atoms with Crippen molar-refractivity contribution in [2.24, 2.45) is 11.8 Å². The number of hydrogen-bond donors (Lipinski definition) is 2. The van der Waals surface area contributed by atoms with Gasteiger partial charge in [-0.15, -0.1) is 0 Å². The molecule has 0 aliphatic heterocycles. The van der Waals surface area contributed by atoms with Gasteiger partial charge in [-0.1, -0.05) is 39.5 Å². The second-order valence-corrected chi connectivity index (χ2v) is 10.1. The number of hydrogen-bond acceptors (Lipinski definition) is 7. The van der Waals surface area contributed by atoms with Gasteiger partial charge in [0.2, 0.25) is 5.91 Å². The lowest BCUT2D eigenvalue weighted by Gasteiger charge is -2.29. The van der Waals surface area contributed by atoms with Crippen molar-refractivity contribution in [3.05, 3.63) is 29.8 Å². The molecule has 0 spiro atoms. The highest BCUT2D eigenvalue weighted by Gasteiger charge is 2.35. The van der Waals surface area contributed by atoms with Crippen LogP contribution in [0.25, 0.3) is 0 Å². The lowest BCUT2D eigenvalue weighted by Crippen LogP contribution is -2.51. The molecule has 0 saturated carbocycles. The molecule has 1 rings (SSSR count). The van der Waals surface area contributed by atoms with E-state index in [1.54, 1.807) is 0 Å². The van der Waals surface area contributed by atoms with Crippen molar-refractivity contribution in [1.29, 1.82) is 0 Å². The predicted molar refractivity (Wildman–Crippen MR) is 131 cm³/mol. The number of urea groups is 1. The van der Waals surface area contributed by atoms with Crippen LogP contribution in [0.1, 0.15) is 64.2 Å². The summed E-state index contributed by atoms with van der Waals surface area (Å²) in [6, 6.07) is 3.64. The van der Waals surface area contributed by atoms with Gasteiger partial charge in [-0.05, 0) is 48.9 Å². The van der Waals surface area contributed by atoms with E-state index in [1.807, 2.05) is 27.7 Å². The summed E-state index contributed by atoms with van der Waals surface area (Å²) in [5, 5.41) is 12.3. The quantitative estimate of drug-likeness (QED) is 0.433. The summed E-state index contributed by atoms with van der Waals surface area (Å²) < 4.78 is 4.64. The van der Waals surface area contributed by atoms with Crippen LogP contribution in [0.4, 0.5) is 10.5 Å². The van der Waals surface area contributed by atoms with Crippen LogP contribution in [0.5, 0.6) is 0 Å². The Morgan fingerprint density at radius 2 is 1.65 bits per heavy atom. The number of thioether (sulfide) groups is 1. The van der Waals surface area contributed by atoms with E-state index in [0.29, 0.717) is 12.1 Å². The summed E-state index contributed by atoms with van der Waals surface area (Å²) in [6.07, 6.45) is 0.453. The number of carbonyl (C=O) groups excluding carboxylic acids is 4. The molecule has 1 aromatic carbocycles. The van der Waals surface area contributed by atoms with Crippen LogP contribution in [-0.2, 0) is 19.1 Å². The molecule has 34 heavy (non-hydrogen) atoms. The Kier molecular flexibility index (Phi) is 11.8. The Hall–Kier alpha value is -2.88. The van der Waals surface area contributed by atoms with Gasteiger partial charge in [0, 0.05) is 24.3 Å².